The summed E-state index contributed by atoms with van der Waals surface area (Å²) in [6, 6.07) is 5.47. The van der Waals surface area contributed by atoms with Gasteiger partial charge in [0.25, 0.3) is 5.91 Å². The molecular weight excluding hydrogens is 491 g/mol. The Hall–Kier alpha value is -2.07. The number of unbranched alkanes of at least 4 members (excludes halogenated alkanes) is 2. The highest BCUT2D eigenvalue weighted by atomic mass is 19.1. The quantitative estimate of drug-likeness (QED) is 0.491. The van der Waals surface area contributed by atoms with Crippen LogP contribution in [-0.2, 0) is 14.3 Å². The highest BCUT2D eigenvalue weighted by Gasteiger charge is 2.34. The Balaban J connectivity index is 2.48. The van der Waals surface area contributed by atoms with Crippen LogP contribution in [-0.4, -0.2) is 96.1 Å². The molecule has 1 aliphatic heterocycles. The molecule has 0 aromatic heterocycles. The van der Waals surface area contributed by atoms with Crippen molar-refractivity contribution in [3.05, 3.63) is 35.6 Å². The second kappa shape index (κ2) is 16.8. The molecular formula is C29H47FN2O6. The number of amides is 2. The Morgan fingerprint density at radius 2 is 1.89 bits per heavy atom. The first-order valence-electron chi connectivity index (χ1n) is 14.0. The Morgan fingerprint density at radius 1 is 1.16 bits per heavy atom. The Morgan fingerprint density at radius 3 is 2.55 bits per heavy atom. The Kier molecular flexibility index (Phi) is 14.2. The number of ether oxygens (including phenoxy) is 2. The third-order valence-corrected chi connectivity index (χ3v) is 7.03. The zero-order valence-corrected chi connectivity index (χ0v) is 23.5. The molecule has 0 bridgehead atoms. The van der Waals surface area contributed by atoms with Gasteiger partial charge in [0.15, 0.2) is 0 Å². The Bertz CT molecular complexity index is 854. The van der Waals surface area contributed by atoms with E-state index in [4.69, 9.17) is 9.47 Å². The summed E-state index contributed by atoms with van der Waals surface area (Å²) in [6.07, 6.45) is 1.78. The zero-order valence-electron chi connectivity index (χ0n) is 23.5. The van der Waals surface area contributed by atoms with Crippen LogP contribution in [0.25, 0.3) is 0 Å². The van der Waals surface area contributed by atoms with Gasteiger partial charge in [-0.3, -0.25) is 9.59 Å². The van der Waals surface area contributed by atoms with Crippen LogP contribution in [0.4, 0.5) is 4.39 Å². The Labute approximate surface area is 227 Å². The summed E-state index contributed by atoms with van der Waals surface area (Å²) >= 11 is 0. The van der Waals surface area contributed by atoms with Gasteiger partial charge in [0.05, 0.1) is 12.2 Å². The van der Waals surface area contributed by atoms with Gasteiger partial charge in [0.1, 0.15) is 24.1 Å². The molecule has 4 atom stereocenters. The molecule has 1 fully saturated rings. The van der Waals surface area contributed by atoms with Crippen molar-refractivity contribution in [2.45, 2.75) is 90.1 Å². The van der Waals surface area contributed by atoms with Crippen LogP contribution < -0.4 is 0 Å². The molecule has 2 N–H and O–H groups in total. The standard InChI is InChI=1S/C29H47FN2O6/c1-5-6-7-14-27(34)32-15-10-11-16-38-20-25(33)28(35)26(37-4)19-31(18-22(32)17-21(2)3)29(36)23-12-8-9-13-24(23)30/h8-9,12-13,21-22,25-26,28,33,35H,5-7,10-11,14-20H2,1-4H3/t22-,25-,26-,28-/m1/s1. The molecule has 1 aliphatic rings. The van der Waals surface area contributed by atoms with Crippen LogP contribution in [0.1, 0.15) is 76.1 Å². The molecule has 216 valence electrons. The van der Waals surface area contributed by atoms with Gasteiger partial charge in [-0.25, -0.2) is 4.39 Å². The van der Waals surface area contributed by atoms with E-state index < -0.39 is 30.0 Å². The molecule has 0 unspecified atom stereocenters. The minimum atomic E-state index is -1.32. The molecule has 0 radical (unpaired) electrons. The number of carbonyl (C=O) groups excluding carboxylic acids is 2. The first-order chi connectivity index (χ1) is 18.2. The second-order valence-electron chi connectivity index (χ2n) is 10.6. The highest BCUT2D eigenvalue weighted by Crippen LogP contribution is 2.21. The number of carbonyl (C=O) groups is 2. The molecule has 0 aliphatic carbocycles. The third-order valence-electron chi connectivity index (χ3n) is 7.03. The lowest BCUT2D eigenvalue weighted by Gasteiger charge is -2.39. The van der Waals surface area contributed by atoms with Crippen molar-refractivity contribution in [2.24, 2.45) is 5.92 Å². The maximum absolute atomic E-state index is 14.7. The normalized spacial score (nSPS) is 24.3. The minimum absolute atomic E-state index is 0.0501. The molecule has 8 nitrogen and oxygen atoms in total. The summed E-state index contributed by atoms with van der Waals surface area (Å²) in [4.78, 5) is 30.5. The molecule has 2 rings (SSSR count). The number of nitrogens with zero attached hydrogens (tertiary/aromatic N) is 2. The van der Waals surface area contributed by atoms with Crippen LogP contribution in [0, 0.1) is 11.7 Å². The first kappa shape index (κ1) is 32.1. The minimum Gasteiger partial charge on any atom is -0.388 e. The van der Waals surface area contributed by atoms with Crippen molar-refractivity contribution in [1.82, 2.24) is 9.80 Å². The average Bonchev–Trinajstić information content (AvgIpc) is 2.88. The molecule has 1 saturated heterocycles. The second-order valence-corrected chi connectivity index (χ2v) is 10.6. The zero-order chi connectivity index (χ0) is 28.1. The topological polar surface area (TPSA) is 99.5 Å². The summed E-state index contributed by atoms with van der Waals surface area (Å²) in [7, 11) is 1.39. The molecule has 0 spiro atoms. The van der Waals surface area contributed by atoms with E-state index in [9.17, 15) is 24.2 Å². The van der Waals surface area contributed by atoms with Gasteiger partial charge in [-0.15, -0.1) is 0 Å². The van der Waals surface area contributed by atoms with Gasteiger partial charge in [0, 0.05) is 45.8 Å². The number of aliphatic hydroxyl groups is 2. The lowest BCUT2D eigenvalue weighted by atomic mass is 9.99. The predicted molar refractivity (Wildman–Crippen MR) is 144 cm³/mol. The summed E-state index contributed by atoms with van der Waals surface area (Å²) in [5, 5.41) is 21.3. The van der Waals surface area contributed by atoms with Crippen LogP contribution in [0.15, 0.2) is 24.3 Å². The van der Waals surface area contributed by atoms with Crippen molar-refractivity contribution in [3.8, 4) is 0 Å². The lowest BCUT2D eigenvalue weighted by Crippen LogP contribution is -2.54. The largest absolute Gasteiger partial charge is 0.388 e. The molecule has 1 aromatic carbocycles. The maximum Gasteiger partial charge on any atom is 0.256 e. The number of aliphatic hydroxyl groups excluding tert-OH is 2. The van der Waals surface area contributed by atoms with E-state index in [1.54, 1.807) is 6.07 Å². The molecule has 2 amide bonds. The molecule has 0 saturated carbocycles. The molecule has 9 heteroatoms. The number of rotatable bonds is 8. The van der Waals surface area contributed by atoms with Crippen molar-refractivity contribution in [3.63, 3.8) is 0 Å². The molecule has 1 aromatic rings. The van der Waals surface area contributed by atoms with Gasteiger partial charge < -0.3 is 29.5 Å². The van der Waals surface area contributed by atoms with E-state index in [1.165, 1.54) is 30.2 Å². The van der Waals surface area contributed by atoms with Gasteiger partial charge in [-0.1, -0.05) is 45.7 Å². The smallest absolute Gasteiger partial charge is 0.256 e. The predicted octanol–water partition coefficient (Wildman–Crippen LogP) is 3.64. The number of hydrogen-bond acceptors (Lipinski definition) is 6. The summed E-state index contributed by atoms with van der Waals surface area (Å²) in [5.74, 6) is -0.909. The van der Waals surface area contributed by atoms with E-state index in [0.717, 1.165) is 19.3 Å². The van der Waals surface area contributed by atoms with Gasteiger partial charge in [-0.2, -0.15) is 0 Å². The summed E-state index contributed by atoms with van der Waals surface area (Å²) in [6.45, 7) is 7.13. The van der Waals surface area contributed by atoms with E-state index >= 15 is 0 Å². The van der Waals surface area contributed by atoms with E-state index in [0.29, 0.717) is 38.8 Å². The number of hydrogen-bond donors (Lipinski definition) is 2. The maximum atomic E-state index is 14.7. The lowest BCUT2D eigenvalue weighted by molar-refractivity contribution is -0.135. The fraction of sp³-hybridized carbons (Fsp3) is 0.724. The van der Waals surface area contributed by atoms with E-state index in [-0.39, 0.29) is 43.1 Å². The molecule has 1 heterocycles. The van der Waals surface area contributed by atoms with Crippen LogP contribution in [0.3, 0.4) is 0 Å². The van der Waals surface area contributed by atoms with Crippen LogP contribution >= 0.6 is 0 Å². The summed E-state index contributed by atoms with van der Waals surface area (Å²) in [5.41, 5.74) is -0.0917. The SMILES string of the molecule is CCCCCC(=O)N1CCCCOC[C@@H](O)[C@@H](O)[C@H](OC)CN(C(=O)c2ccccc2F)C[C@H]1CC(C)C. The monoisotopic (exact) mass is 538 g/mol. The van der Waals surface area contributed by atoms with Crippen molar-refractivity contribution in [2.75, 3.05) is 40.0 Å². The van der Waals surface area contributed by atoms with Crippen LogP contribution in [0.2, 0.25) is 0 Å². The average molecular weight is 539 g/mol. The van der Waals surface area contributed by atoms with Crippen molar-refractivity contribution >= 4 is 11.8 Å². The van der Waals surface area contributed by atoms with E-state index in [2.05, 4.69) is 20.8 Å². The third kappa shape index (κ3) is 9.91. The number of benzene rings is 1. The van der Waals surface area contributed by atoms with E-state index in [1.807, 2.05) is 4.90 Å². The molecule has 38 heavy (non-hydrogen) atoms. The summed E-state index contributed by atoms with van der Waals surface area (Å²) < 4.78 is 25.8. The first-order valence-corrected chi connectivity index (χ1v) is 14.0. The fourth-order valence-corrected chi connectivity index (χ4v) is 4.90. The van der Waals surface area contributed by atoms with Gasteiger partial charge in [-0.05, 0) is 43.7 Å². The number of halogens is 1. The fourth-order valence-electron chi connectivity index (χ4n) is 4.90. The van der Waals surface area contributed by atoms with Crippen molar-refractivity contribution < 1.29 is 33.7 Å². The van der Waals surface area contributed by atoms with Crippen LogP contribution in [0.5, 0.6) is 0 Å². The van der Waals surface area contributed by atoms with Crippen molar-refractivity contribution in [1.29, 1.82) is 0 Å². The van der Waals surface area contributed by atoms with Gasteiger partial charge in [0.2, 0.25) is 5.91 Å². The number of methoxy groups -OCH3 is 1. The highest BCUT2D eigenvalue weighted by molar-refractivity contribution is 5.94. The van der Waals surface area contributed by atoms with Gasteiger partial charge >= 0.3 is 0 Å².